The van der Waals surface area contributed by atoms with Gasteiger partial charge in [0.25, 0.3) is 5.91 Å². The number of aromatic nitrogens is 3. The van der Waals surface area contributed by atoms with E-state index in [1.54, 1.807) is 13.0 Å². The molecule has 2 aromatic carbocycles. The van der Waals surface area contributed by atoms with Gasteiger partial charge in [-0.2, -0.15) is 0 Å². The number of likely N-dealkylation sites (N-methyl/N-ethyl adjacent to an activating group) is 1. The quantitative estimate of drug-likeness (QED) is 0.522. The molecular formula is C24H27FN6O2S. The van der Waals surface area contributed by atoms with Gasteiger partial charge in [-0.1, -0.05) is 42.1 Å². The van der Waals surface area contributed by atoms with Crippen LogP contribution < -0.4 is 5.32 Å². The lowest BCUT2D eigenvalue weighted by Gasteiger charge is -2.32. The molecule has 1 aliphatic heterocycles. The van der Waals surface area contributed by atoms with E-state index in [1.165, 1.54) is 30.0 Å². The van der Waals surface area contributed by atoms with Crippen LogP contribution in [0.15, 0.2) is 59.8 Å². The van der Waals surface area contributed by atoms with Crippen molar-refractivity contribution in [3.63, 3.8) is 0 Å². The van der Waals surface area contributed by atoms with E-state index in [0.717, 1.165) is 18.8 Å². The van der Waals surface area contributed by atoms with Crippen LogP contribution >= 0.6 is 11.8 Å². The Hall–Kier alpha value is -3.24. The zero-order valence-corrected chi connectivity index (χ0v) is 20.0. The second kappa shape index (κ2) is 10.8. The van der Waals surface area contributed by atoms with Crippen LogP contribution in [0.3, 0.4) is 0 Å². The second-order valence-corrected chi connectivity index (χ2v) is 9.10. The molecule has 1 unspecified atom stereocenters. The first kappa shape index (κ1) is 23.9. The molecule has 0 radical (unpaired) electrons. The van der Waals surface area contributed by atoms with Crippen LogP contribution in [0.25, 0.3) is 5.69 Å². The smallest absolute Gasteiger partial charge is 0.254 e. The minimum Gasteiger partial charge on any atom is -0.342 e. The first-order chi connectivity index (χ1) is 16.4. The van der Waals surface area contributed by atoms with Crippen molar-refractivity contribution in [2.75, 3.05) is 39.0 Å². The standard InChI is InChI=1S/C24H27FN6O2S/c1-17(26-23(33)19-10-6-7-11-20(19)25)22-27-28-24(31(22)18-8-4-3-5-9-18)34-16-21(32)30-14-12-29(2)13-15-30/h3-11,17H,12-16H2,1-2H3,(H,26,33). The number of rotatable bonds is 7. The molecule has 0 spiro atoms. The third-order valence-corrected chi connectivity index (χ3v) is 6.62. The van der Waals surface area contributed by atoms with Gasteiger partial charge in [-0.25, -0.2) is 4.39 Å². The van der Waals surface area contributed by atoms with Crippen LogP contribution in [-0.4, -0.2) is 75.4 Å². The highest BCUT2D eigenvalue weighted by molar-refractivity contribution is 7.99. The van der Waals surface area contributed by atoms with Gasteiger partial charge in [0.05, 0.1) is 17.4 Å². The van der Waals surface area contributed by atoms with E-state index in [-0.39, 0.29) is 17.2 Å². The van der Waals surface area contributed by atoms with Crippen molar-refractivity contribution in [3.8, 4) is 5.69 Å². The summed E-state index contributed by atoms with van der Waals surface area (Å²) in [6, 6.07) is 14.8. The van der Waals surface area contributed by atoms with Gasteiger partial charge >= 0.3 is 0 Å². The summed E-state index contributed by atoms with van der Waals surface area (Å²) in [4.78, 5) is 29.5. The molecule has 2 heterocycles. The van der Waals surface area contributed by atoms with Crippen molar-refractivity contribution >= 4 is 23.6 Å². The highest BCUT2D eigenvalue weighted by Crippen LogP contribution is 2.26. The van der Waals surface area contributed by atoms with Crippen molar-refractivity contribution in [2.45, 2.75) is 18.1 Å². The molecule has 4 rings (SSSR count). The van der Waals surface area contributed by atoms with E-state index in [4.69, 9.17) is 0 Å². The normalized spacial score (nSPS) is 15.2. The predicted molar refractivity (Wildman–Crippen MR) is 128 cm³/mol. The van der Waals surface area contributed by atoms with Gasteiger partial charge in [0.1, 0.15) is 5.82 Å². The van der Waals surface area contributed by atoms with E-state index in [1.807, 2.05) is 46.8 Å². The van der Waals surface area contributed by atoms with Crippen LogP contribution in [0.4, 0.5) is 4.39 Å². The summed E-state index contributed by atoms with van der Waals surface area (Å²) in [6.07, 6.45) is 0. The van der Waals surface area contributed by atoms with Crippen molar-refractivity contribution in [1.29, 1.82) is 0 Å². The molecule has 178 valence electrons. The number of halogens is 1. The topological polar surface area (TPSA) is 83.4 Å². The molecule has 2 amide bonds. The molecule has 0 bridgehead atoms. The molecule has 1 saturated heterocycles. The molecule has 1 aliphatic rings. The van der Waals surface area contributed by atoms with Crippen LogP contribution in [0, 0.1) is 5.82 Å². The Morgan fingerprint density at radius 1 is 1.03 bits per heavy atom. The Morgan fingerprint density at radius 2 is 1.71 bits per heavy atom. The minimum atomic E-state index is -0.588. The molecule has 10 heteroatoms. The van der Waals surface area contributed by atoms with Gasteiger partial charge in [0.2, 0.25) is 5.91 Å². The number of thioether (sulfide) groups is 1. The maximum absolute atomic E-state index is 14.1. The Labute approximate surface area is 202 Å². The number of carbonyl (C=O) groups is 2. The van der Waals surface area contributed by atoms with E-state index < -0.39 is 17.8 Å². The molecule has 0 aliphatic carbocycles. The Balaban J connectivity index is 1.53. The van der Waals surface area contributed by atoms with E-state index >= 15 is 0 Å². The molecule has 8 nitrogen and oxygen atoms in total. The number of carbonyl (C=O) groups excluding carboxylic acids is 2. The summed E-state index contributed by atoms with van der Waals surface area (Å²) < 4.78 is 15.9. The number of nitrogens with one attached hydrogen (secondary N) is 1. The van der Waals surface area contributed by atoms with Crippen molar-refractivity contribution < 1.29 is 14.0 Å². The Bertz CT molecular complexity index is 1150. The molecular weight excluding hydrogens is 455 g/mol. The number of piperazine rings is 1. The molecule has 1 aromatic heterocycles. The second-order valence-electron chi connectivity index (χ2n) is 8.16. The molecule has 1 fully saturated rings. The van der Waals surface area contributed by atoms with E-state index in [0.29, 0.717) is 24.1 Å². The highest BCUT2D eigenvalue weighted by atomic mass is 32.2. The summed E-state index contributed by atoms with van der Waals surface area (Å²) in [5.74, 6) is -0.332. The van der Waals surface area contributed by atoms with Crippen LogP contribution in [0.1, 0.15) is 29.1 Å². The fourth-order valence-corrected chi connectivity index (χ4v) is 4.59. The summed E-state index contributed by atoms with van der Waals surface area (Å²) in [5, 5.41) is 12.0. The maximum atomic E-state index is 14.1. The molecule has 1 atom stereocenters. The van der Waals surface area contributed by atoms with E-state index in [9.17, 15) is 14.0 Å². The zero-order valence-electron chi connectivity index (χ0n) is 19.1. The zero-order chi connectivity index (χ0) is 24.1. The maximum Gasteiger partial charge on any atom is 0.254 e. The largest absolute Gasteiger partial charge is 0.342 e. The van der Waals surface area contributed by atoms with Crippen molar-refractivity contribution in [2.24, 2.45) is 0 Å². The number of hydrogen-bond acceptors (Lipinski definition) is 6. The number of benzene rings is 2. The SMILES string of the molecule is CC(NC(=O)c1ccccc1F)c1nnc(SCC(=O)N2CCN(C)CC2)n1-c1ccccc1. The Morgan fingerprint density at radius 3 is 2.41 bits per heavy atom. The van der Waals surface area contributed by atoms with Crippen LogP contribution in [-0.2, 0) is 4.79 Å². The molecule has 0 saturated carbocycles. The number of amides is 2. The first-order valence-corrected chi connectivity index (χ1v) is 12.1. The first-order valence-electron chi connectivity index (χ1n) is 11.1. The molecule has 34 heavy (non-hydrogen) atoms. The lowest BCUT2D eigenvalue weighted by Crippen LogP contribution is -2.47. The van der Waals surface area contributed by atoms with Crippen LogP contribution in [0.2, 0.25) is 0 Å². The third kappa shape index (κ3) is 5.45. The monoisotopic (exact) mass is 482 g/mol. The number of hydrogen-bond donors (Lipinski definition) is 1. The number of nitrogens with zero attached hydrogens (tertiary/aromatic N) is 5. The summed E-state index contributed by atoms with van der Waals surface area (Å²) in [7, 11) is 2.05. The predicted octanol–water partition coefficient (Wildman–Crippen LogP) is 2.76. The summed E-state index contributed by atoms with van der Waals surface area (Å²) in [5.41, 5.74) is 0.775. The average Bonchev–Trinajstić information content (AvgIpc) is 3.28. The minimum absolute atomic E-state index is 0.0347. The van der Waals surface area contributed by atoms with E-state index in [2.05, 4.69) is 20.4 Å². The fraction of sp³-hybridized carbons (Fsp3) is 0.333. The summed E-state index contributed by atoms with van der Waals surface area (Å²) in [6.45, 7) is 4.92. The van der Waals surface area contributed by atoms with Gasteiger partial charge in [0.15, 0.2) is 11.0 Å². The van der Waals surface area contributed by atoms with Gasteiger partial charge in [-0.15, -0.1) is 10.2 Å². The van der Waals surface area contributed by atoms with Gasteiger partial charge in [0, 0.05) is 31.9 Å². The lowest BCUT2D eigenvalue weighted by atomic mass is 10.2. The van der Waals surface area contributed by atoms with Crippen LogP contribution in [0.5, 0.6) is 0 Å². The van der Waals surface area contributed by atoms with Crippen molar-refractivity contribution in [1.82, 2.24) is 29.9 Å². The third-order valence-electron chi connectivity index (χ3n) is 5.71. The molecule has 3 aromatic rings. The Kier molecular flexibility index (Phi) is 7.59. The van der Waals surface area contributed by atoms with Crippen molar-refractivity contribution in [3.05, 3.63) is 71.8 Å². The number of para-hydroxylation sites is 1. The fourth-order valence-electron chi connectivity index (χ4n) is 3.73. The highest BCUT2D eigenvalue weighted by Gasteiger charge is 2.24. The van der Waals surface area contributed by atoms with Gasteiger partial charge < -0.3 is 15.1 Å². The van der Waals surface area contributed by atoms with Gasteiger partial charge in [-0.05, 0) is 38.2 Å². The average molecular weight is 483 g/mol. The lowest BCUT2D eigenvalue weighted by molar-refractivity contribution is -0.129. The molecule has 1 N–H and O–H groups in total. The summed E-state index contributed by atoms with van der Waals surface area (Å²) >= 11 is 1.31. The van der Waals surface area contributed by atoms with Gasteiger partial charge in [-0.3, -0.25) is 14.2 Å².